The Bertz CT molecular complexity index is 623. The van der Waals surface area contributed by atoms with Crippen molar-refractivity contribution in [2.75, 3.05) is 19.6 Å². The third-order valence-electron chi connectivity index (χ3n) is 4.17. The van der Waals surface area contributed by atoms with Crippen molar-refractivity contribution in [3.8, 4) is 11.5 Å². The minimum Gasteiger partial charge on any atom is -0.415 e. The van der Waals surface area contributed by atoms with Crippen LogP contribution in [0.15, 0.2) is 28.7 Å². The van der Waals surface area contributed by atoms with E-state index in [9.17, 15) is 8.78 Å². The van der Waals surface area contributed by atoms with Crippen molar-refractivity contribution in [1.82, 2.24) is 15.1 Å². The summed E-state index contributed by atoms with van der Waals surface area (Å²) in [5.41, 5.74) is 7.85. The Balaban J connectivity index is 1.61. The number of nitrogens with zero attached hydrogens (tertiary/aromatic N) is 3. The third-order valence-corrected chi connectivity index (χ3v) is 4.17. The van der Waals surface area contributed by atoms with E-state index in [1.54, 1.807) is 12.1 Å². The maximum Gasteiger partial charge on any atom is 0.314 e. The number of aromatic nitrogens is 2. The first kappa shape index (κ1) is 16.0. The molecule has 0 aliphatic carbocycles. The zero-order valence-electron chi connectivity index (χ0n) is 12.8. The van der Waals surface area contributed by atoms with Crippen LogP contribution in [0.5, 0.6) is 0 Å². The van der Waals surface area contributed by atoms with Gasteiger partial charge in [0.2, 0.25) is 5.89 Å². The van der Waals surface area contributed by atoms with E-state index in [2.05, 4.69) is 15.1 Å². The summed E-state index contributed by atoms with van der Waals surface area (Å²) in [5.74, 6) is -0.566. The van der Waals surface area contributed by atoms with E-state index < -0.39 is 12.3 Å². The first-order valence-corrected chi connectivity index (χ1v) is 7.83. The fourth-order valence-electron chi connectivity index (χ4n) is 2.81. The van der Waals surface area contributed by atoms with Crippen LogP contribution in [-0.4, -0.2) is 34.7 Å². The summed E-state index contributed by atoms with van der Waals surface area (Å²) in [4.78, 5) is 2.43. The smallest absolute Gasteiger partial charge is 0.314 e. The lowest BCUT2D eigenvalue weighted by atomic mass is 10.0. The van der Waals surface area contributed by atoms with Gasteiger partial charge in [0.15, 0.2) is 0 Å². The molecular weight excluding hydrogens is 302 g/mol. The second-order valence-corrected chi connectivity index (χ2v) is 5.81. The summed E-state index contributed by atoms with van der Waals surface area (Å²) >= 11 is 0. The average Bonchev–Trinajstić information content (AvgIpc) is 3.24. The number of hydrogen-bond acceptors (Lipinski definition) is 5. The van der Waals surface area contributed by atoms with E-state index in [1.807, 2.05) is 12.1 Å². The molecule has 0 amide bonds. The summed E-state index contributed by atoms with van der Waals surface area (Å²) in [6.07, 6.45) is 0.688. The Morgan fingerprint density at radius 1 is 1.13 bits per heavy atom. The summed E-state index contributed by atoms with van der Waals surface area (Å²) in [7, 11) is 0. The Morgan fingerprint density at radius 2 is 1.83 bits per heavy atom. The molecule has 0 spiro atoms. The van der Waals surface area contributed by atoms with Gasteiger partial charge in [-0.2, -0.15) is 8.78 Å². The summed E-state index contributed by atoms with van der Waals surface area (Å²) in [5, 5.41) is 6.96. The second-order valence-electron chi connectivity index (χ2n) is 5.81. The van der Waals surface area contributed by atoms with Crippen molar-refractivity contribution in [2.24, 2.45) is 5.73 Å². The number of nitrogens with two attached hydrogens (primary N) is 1. The molecule has 1 aromatic heterocycles. The zero-order valence-corrected chi connectivity index (χ0v) is 12.8. The molecule has 1 aromatic carbocycles. The highest BCUT2D eigenvalue weighted by atomic mass is 19.3. The van der Waals surface area contributed by atoms with Gasteiger partial charge in [-0.15, -0.1) is 10.2 Å². The van der Waals surface area contributed by atoms with Gasteiger partial charge in [-0.05, 0) is 56.6 Å². The monoisotopic (exact) mass is 322 g/mol. The largest absolute Gasteiger partial charge is 0.415 e. The maximum absolute atomic E-state index is 12.5. The molecule has 1 unspecified atom stereocenters. The summed E-state index contributed by atoms with van der Waals surface area (Å²) < 4.78 is 29.9. The quantitative estimate of drug-likeness (QED) is 0.885. The molecular formula is C16H20F2N4O. The first-order chi connectivity index (χ1) is 11.1. The van der Waals surface area contributed by atoms with Gasteiger partial charge in [-0.1, -0.05) is 12.1 Å². The van der Waals surface area contributed by atoms with E-state index in [0.717, 1.165) is 31.6 Å². The molecule has 2 N–H and O–H groups in total. The van der Waals surface area contributed by atoms with Crippen LogP contribution in [0, 0.1) is 0 Å². The van der Waals surface area contributed by atoms with E-state index in [-0.39, 0.29) is 11.9 Å². The topological polar surface area (TPSA) is 68.2 Å². The Kier molecular flexibility index (Phi) is 4.97. The normalized spacial score (nSPS) is 17.0. The van der Waals surface area contributed by atoms with Crippen molar-refractivity contribution in [2.45, 2.75) is 31.7 Å². The van der Waals surface area contributed by atoms with Gasteiger partial charge in [0, 0.05) is 11.6 Å². The number of alkyl halides is 2. The van der Waals surface area contributed by atoms with Crippen LogP contribution < -0.4 is 5.73 Å². The molecule has 1 atom stereocenters. The van der Waals surface area contributed by atoms with Crippen LogP contribution >= 0.6 is 0 Å². The fourth-order valence-corrected chi connectivity index (χ4v) is 2.81. The Morgan fingerprint density at radius 3 is 2.43 bits per heavy atom. The molecule has 0 bridgehead atoms. The number of rotatable bonds is 6. The standard InChI is InChI=1S/C16H20F2N4O/c17-14(18)16-21-20-15(23-16)12-5-3-11(4-6-12)13(19)7-10-22-8-1-2-9-22/h3-6,13-14H,1-2,7-10,19H2. The van der Waals surface area contributed by atoms with Crippen molar-refractivity contribution < 1.29 is 13.2 Å². The Labute approximate surface area is 133 Å². The van der Waals surface area contributed by atoms with Crippen LogP contribution in [0.1, 0.15) is 43.2 Å². The second kappa shape index (κ2) is 7.14. The van der Waals surface area contributed by atoms with Gasteiger partial charge in [0.05, 0.1) is 0 Å². The highest BCUT2D eigenvalue weighted by molar-refractivity contribution is 5.53. The SMILES string of the molecule is NC(CCN1CCCC1)c1ccc(-c2nnc(C(F)F)o2)cc1. The van der Waals surface area contributed by atoms with Crippen molar-refractivity contribution >= 4 is 0 Å². The highest BCUT2D eigenvalue weighted by Crippen LogP contribution is 2.25. The van der Waals surface area contributed by atoms with Crippen molar-refractivity contribution in [3.05, 3.63) is 35.7 Å². The van der Waals surface area contributed by atoms with Crippen molar-refractivity contribution in [1.29, 1.82) is 0 Å². The van der Waals surface area contributed by atoms with Crippen LogP contribution in [0.4, 0.5) is 8.78 Å². The highest BCUT2D eigenvalue weighted by Gasteiger charge is 2.17. The molecule has 2 aromatic rings. The number of benzene rings is 1. The minimum absolute atomic E-state index is 0.0380. The summed E-state index contributed by atoms with van der Waals surface area (Å²) in [6.45, 7) is 3.33. The van der Waals surface area contributed by atoms with Gasteiger partial charge < -0.3 is 15.1 Å². The maximum atomic E-state index is 12.5. The van der Waals surface area contributed by atoms with Crippen LogP contribution in [0.2, 0.25) is 0 Å². The number of halogens is 2. The minimum atomic E-state index is -2.76. The summed E-state index contributed by atoms with van der Waals surface area (Å²) in [6, 6.07) is 7.28. The van der Waals surface area contributed by atoms with E-state index >= 15 is 0 Å². The lowest BCUT2D eigenvalue weighted by Gasteiger charge is -2.18. The van der Waals surface area contributed by atoms with Gasteiger partial charge >= 0.3 is 6.43 Å². The molecule has 1 saturated heterocycles. The van der Waals surface area contributed by atoms with Crippen LogP contribution in [-0.2, 0) is 0 Å². The third kappa shape index (κ3) is 3.92. The molecule has 0 radical (unpaired) electrons. The molecule has 7 heteroatoms. The number of likely N-dealkylation sites (tertiary alicyclic amines) is 1. The van der Waals surface area contributed by atoms with Gasteiger partial charge in [0.25, 0.3) is 5.89 Å². The molecule has 1 aliphatic heterocycles. The van der Waals surface area contributed by atoms with E-state index in [4.69, 9.17) is 10.2 Å². The molecule has 3 rings (SSSR count). The lowest BCUT2D eigenvalue weighted by molar-refractivity contribution is 0.116. The predicted octanol–water partition coefficient (Wildman–Crippen LogP) is 3.16. The molecule has 5 nitrogen and oxygen atoms in total. The lowest BCUT2D eigenvalue weighted by Crippen LogP contribution is -2.24. The van der Waals surface area contributed by atoms with Crippen molar-refractivity contribution in [3.63, 3.8) is 0 Å². The fraction of sp³-hybridized carbons (Fsp3) is 0.500. The average molecular weight is 322 g/mol. The van der Waals surface area contributed by atoms with E-state index in [0.29, 0.717) is 5.56 Å². The van der Waals surface area contributed by atoms with Crippen LogP contribution in [0.3, 0.4) is 0 Å². The van der Waals surface area contributed by atoms with Gasteiger partial charge in [0.1, 0.15) is 0 Å². The molecule has 0 saturated carbocycles. The molecule has 2 heterocycles. The number of hydrogen-bond donors (Lipinski definition) is 1. The molecule has 23 heavy (non-hydrogen) atoms. The van der Waals surface area contributed by atoms with Gasteiger partial charge in [-0.3, -0.25) is 0 Å². The first-order valence-electron chi connectivity index (χ1n) is 7.83. The predicted molar refractivity (Wildman–Crippen MR) is 81.9 cm³/mol. The molecule has 1 aliphatic rings. The Hall–Kier alpha value is -1.86. The zero-order chi connectivity index (χ0) is 16.2. The van der Waals surface area contributed by atoms with Crippen LogP contribution in [0.25, 0.3) is 11.5 Å². The van der Waals surface area contributed by atoms with E-state index in [1.165, 1.54) is 12.8 Å². The molecule has 1 fully saturated rings. The van der Waals surface area contributed by atoms with Gasteiger partial charge in [-0.25, -0.2) is 0 Å². The molecule has 124 valence electrons.